The first kappa shape index (κ1) is 15.7. The minimum absolute atomic E-state index is 0.309. The Balaban J connectivity index is 1.55. The number of aryl methyl sites for hydroxylation is 1. The molecule has 0 amide bonds. The largest absolute Gasteiger partial charge is 0.508 e. The fourth-order valence-corrected chi connectivity index (χ4v) is 3.41. The molecule has 1 saturated heterocycles. The normalized spacial score (nSPS) is 15.1. The summed E-state index contributed by atoms with van der Waals surface area (Å²) >= 11 is 0. The average molecular weight is 337 g/mol. The molecule has 0 saturated carbocycles. The van der Waals surface area contributed by atoms with Crippen LogP contribution in [-0.2, 0) is 6.42 Å². The molecule has 1 aliphatic heterocycles. The lowest BCUT2D eigenvalue weighted by molar-refractivity contribution is 0.475. The van der Waals surface area contributed by atoms with E-state index in [4.69, 9.17) is 4.98 Å². The Bertz CT molecular complexity index is 850. The number of aromatic hydroxyl groups is 1. The number of benzene rings is 1. The van der Waals surface area contributed by atoms with E-state index in [-0.39, 0.29) is 0 Å². The summed E-state index contributed by atoms with van der Waals surface area (Å²) < 4.78 is 1.94. The summed E-state index contributed by atoms with van der Waals surface area (Å²) in [7, 11) is 0. The predicted molar refractivity (Wildman–Crippen MR) is 99.5 cm³/mol. The number of hydrogen-bond acceptors (Lipinski definition) is 5. The Labute approximate surface area is 147 Å². The van der Waals surface area contributed by atoms with Crippen LogP contribution < -0.4 is 9.80 Å². The summed E-state index contributed by atoms with van der Waals surface area (Å²) in [6.07, 6.45) is 3.89. The molecule has 0 atom stereocenters. The van der Waals surface area contributed by atoms with Gasteiger partial charge in [-0.05, 0) is 30.7 Å². The number of hydrogen-bond donors (Lipinski definition) is 1. The third-order valence-corrected chi connectivity index (χ3v) is 4.72. The molecule has 3 aromatic rings. The Morgan fingerprint density at radius 3 is 2.44 bits per heavy atom. The highest BCUT2D eigenvalue weighted by molar-refractivity contribution is 5.54. The maximum atomic E-state index is 9.45. The predicted octanol–water partition coefficient (Wildman–Crippen LogP) is 2.71. The number of fused-ring (bicyclic) bond motifs is 1. The highest BCUT2D eigenvalue weighted by Gasteiger charge is 2.20. The Kier molecular flexibility index (Phi) is 4.17. The Hall–Kier alpha value is -2.76. The monoisotopic (exact) mass is 337 g/mol. The molecule has 1 N–H and O–H groups in total. The molecule has 0 radical (unpaired) electrons. The van der Waals surface area contributed by atoms with Gasteiger partial charge in [0.1, 0.15) is 11.6 Å². The highest BCUT2D eigenvalue weighted by atomic mass is 16.3. The number of anilines is 2. The van der Waals surface area contributed by atoms with Gasteiger partial charge in [-0.25, -0.2) is 4.98 Å². The van der Waals surface area contributed by atoms with Gasteiger partial charge < -0.3 is 14.9 Å². The van der Waals surface area contributed by atoms with Crippen LogP contribution >= 0.6 is 0 Å². The van der Waals surface area contributed by atoms with Crippen molar-refractivity contribution in [1.29, 1.82) is 0 Å². The molecule has 0 aliphatic carbocycles. The van der Waals surface area contributed by atoms with Crippen molar-refractivity contribution in [1.82, 2.24) is 14.6 Å². The first-order chi connectivity index (χ1) is 12.2. The van der Waals surface area contributed by atoms with Crippen LogP contribution in [-0.4, -0.2) is 45.9 Å². The van der Waals surface area contributed by atoms with Crippen molar-refractivity contribution in [2.24, 2.45) is 0 Å². The molecule has 130 valence electrons. The lowest BCUT2D eigenvalue weighted by Crippen LogP contribution is -2.47. The number of phenols is 1. The van der Waals surface area contributed by atoms with Crippen LogP contribution in [0.3, 0.4) is 0 Å². The summed E-state index contributed by atoms with van der Waals surface area (Å²) in [5, 5.41) is 13.9. The summed E-state index contributed by atoms with van der Waals surface area (Å²) in [5.74, 6) is 1.44. The standard InChI is InChI=1S/C19H23N5O/c1-2-3-15-14-19(24-18(21-15)8-9-20-24)23-12-10-22(11-13-23)16-4-6-17(25)7-5-16/h4-9,14,25H,2-3,10-13H2,1H3. The zero-order valence-electron chi connectivity index (χ0n) is 14.5. The molecule has 0 spiro atoms. The maximum absolute atomic E-state index is 9.45. The maximum Gasteiger partial charge on any atom is 0.157 e. The molecular weight excluding hydrogens is 314 g/mol. The molecule has 0 bridgehead atoms. The second kappa shape index (κ2) is 6.63. The lowest BCUT2D eigenvalue weighted by atomic mass is 10.2. The first-order valence-corrected chi connectivity index (χ1v) is 8.87. The van der Waals surface area contributed by atoms with Crippen molar-refractivity contribution in [3.05, 3.63) is 48.3 Å². The summed E-state index contributed by atoms with van der Waals surface area (Å²) in [6, 6.07) is 11.6. The van der Waals surface area contributed by atoms with Crippen LogP contribution in [0.5, 0.6) is 5.75 Å². The Morgan fingerprint density at radius 1 is 1.00 bits per heavy atom. The number of piperazine rings is 1. The Morgan fingerprint density at radius 2 is 1.72 bits per heavy atom. The van der Waals surface area contributed by atoms with Crippen molar-refractivity contribution in [2.75, 3.05) is 36.0 Å². The van der Waals surface area contributed by atoms with Gasteiger partial charge in [-0.15, -0.1) is 0 Å². The number of nitrogens with zero attached hydrogens (tertiary/aromatic N) is 5. The first-order valence-electron chi connectivity index (χ1n) is 8.87. The van der Waals surface area contributed by atoms with Crippen LogP contribution in [0.2, 0.25) is 0 Å². The molecule has 1 aromatic carbocycles. The lowest BCUT2D eigenvalue weighted by Gasteiger charge is -2.37. The third kappa shape index (κ3) is 3.12. The van der Waals surface area contributed by atoms with Crippen LogP contribution in [0.15, 0.2) is 42.6 Å². The van der Waals surface area contributed by atoms with Gasteiger partial charge in [0.2, 0.25) is 0 Å². The van der Waals surface area contributed by atoms with Crippen molar-refractivity contribution < 1.29 is 5.11 Å². The zero-order valence-corrected chi connectivity index (χ0v) is 14.5. The number of phenolic OH excluding ortho intramolecular Hbond substituents is 1. The van der Waals surface area contributed by atoms with Gasteiger partial charge in [0, 0.05) is 49.7 Å². The summed E-state index contributed by atoms with van der Waals surface area (Å²) in [5.41, 5.74) is 3.21. The molecule has 25 heavy (non-hydrogen) atoms. The van der Waals surface area contributed by atoms with Gasteiger partial charge in [-0.3, -0.25) is 0 Å². The van der Waals surface area contributed by atoms with E-state index in [9.17, 15) is 5.11 Å². The quantitative estimate of drug-likeness (QED) is 0.793. The third-order valence-electron chi connectivity index (χ3n) is 4.72. The molecule has 6 nitrogen and oxygen atoms in total. The van der Waals surface area contributed by atoms with Crippen LogP contribution in [0.4, 0.5) is 11.5 Å². The van der Waals surface area contributed by atoms with Crippen LogP contribution in [0.1, 0.15) is 19.0 Å². The van der Waals surface area contributed by atoms with E-state index in [1.54, 1.807) is 12.1 Å². The smallest absolute Gasteiger partial charge is 0.157 e. The highest BCUT2D eigenvalue weighted by Crippen LogP contribution is 2.23. The van der Waals surface area contributed by atoms with Gasteiger partial charge >= 0.3 is 0 Å². The van der Waals surface area contributed by atoms with Gasteiger partial charge in [-0.2, -0.15) is 9.61 Å². The second-order valence-corrected chi connectivity index (χ2v) is 6.45. The molecule has 1 fully saturated rings. The SMILES string of the molecule is CCCc1cc(N2CCN(c3ccc(O)cc3)CC2)n2nccc2n1. The van der Waals surface area contributed by atoms with E-state index in [0.717, 1.165) is 61.9 Å². The zero-order chi connectivity index (χ0) is 17.2. The van der Waals surface area contributed by atoms with Crippen LogP contribution in [0.25, 0.3) is 5.65 Å². The van der Waals surface area contributed by atoms with E-state index >= 15 is 0 Å². The minimum atomic E-state index is 0.309. The van der Waals surface area contributed by atoms with E-state index in [1.165, 1.54) is 0 Å². The molecule has 4 rings (SSSR count). The topological polar surface area (TPSA) is 56.9 Å². The van der Waals surface area contributed by atoms with E-state index in [1.807, 2.05) is 28.9 Å². The van der Waals surface area contributed by atoms with Gasteiger partial charge in [-0.1, -0.05) is 13.3 Å². The van der Waals surface area contributed by atoms with Gasteiger partial charge in [0.15, 0.2) is 5.65 Å². The number of rotatable bonds is 4. The van der Waals surface area contributed by atoms with E-state index in [2.05, 4.69) is 27.9 Å². The average Bonchev–Trinajstić information content (AvgIpc) is 3.11. The van der Waals surface area contributed by atoms with Crippen LogP contribution in [0, 0.1) is 0 Å². The van der Waals surface area contributed by atoms with Crippen molar-refractivity contribution in [3.8, 4) is 5.75 Å². The fourth-order valence-electron chi connectivity index (χ4n) is 3.41. The molecule has 0 unspecified atom stereocenters. The van der Waals surface area contributed by atoms with Crippen molar-refractivity contribution >= 4 is 17.2 Å². The van der Waals surface area contributed by atoms with E-state index < -0.39 is 0 Å². The van der Waals surface area contributed by atoms with E-state index in [0.29, 0.717) is 5.75 Å². The minimum Gasteiger partial charge on any atom is -0.508 e. The van der Waals surface area contributed by atoms with Gasteiger partial charge in [0.25, 0.3) is 0 Å². The molecule has 2 aromatic heterocycles. The molecule has 6 heteroatoms. The summed E-state index contributed by atoms with van der Waals surface area (Å²) in [6.45, 7) is 5.94. The summed E-state index contributed by atoms with van der Waals surface area (Å²) in [4.78, 5) is 9.43. The van der Waals surface area contributed by atoms with Gasteiger partial charge in [0.05, 0.1) is 6.20 Å². The van der Waals surface area contributed by atoms with Crippen molar-refractivity contribution in [3.63, 3.8) is 0 Å². The molecular formula is C19H23N5O. The molecule has 1 aliphatic rings. The number of aromatic nitrogens is 3. The van der Waals surface area contributed by atoms with Crippen molar-refractivity contribution in [2.45, 2.75) is 19.8 Å². The molecule has 3 heterocycles. The fraction of sp³-hybridized carbons (Fsp3) is 0.368. The second-order valence-electron chi connectivity index (χ2n) is 6.45.